The number of hydrogen-bond acceptors (Lipinski definition) is 4. The summed E-state index contributed by atoms with van der Waals surface area (Å²) in [6, 6.07) is 14.9. The number of nitrogens with one attached hydrogen (secondary N) is 1. The van der Waals surface area contributed by atoms with Crippen LogP contribution >= 0.6 is 0 Å². The number of aryl methyl sites for hydroxylation is 2. The third kappa shape index (κ3) is 3.50. The van der Waals surface area contributed by atoms with E-state index in [1.165, 1.54) is 0 Å². The van der Waals surface area contributed by atoms with Crippen LogP contribution in [0.3, 0.4) is 0 Å². The monoisotopic (exact) mass is 404 g/mol. The molecule has 0 spiro atoms. The van der Waals surface area contributed by atoms with E-state index in [9.17, 15) is 4.79 Å². The van der Waals surface area contributed by atoms with Crippen LogP contribution in [0, 0.1) is 0 Å². The summed E-state index contributed by atoms with van der Waals surface area (Å²) in [5.41, 5.74) is 2.39. The van der Waals surface area contributed by atoms with Gasteiger partial charge in [0.1, 0.15) is 29.1 Å². The number of imidazole rings is 1. The van der Waals surface area contributed by atoms with E-state index >= 15 is 0 Å². The lowest BCUT2D eigenvalue weighted by molar-refractivity contribution is 0.0933. The van der Waals surface area contributed by atoms with Gasteiger partial charge in [-0.2, -0.15) is 0 Å². The normalized spacial score (nSPS) is 12.0. The predicted octanol–water partition coefficient (Wildman–Crippen LogP) is 3.45. The first kappa shape index (κ1) is 19.6. The van der Waals surface area contributed by atoms with Crippen LogP contribution in [0.4, 0.5) is 0 Å². The van der Waals surface area contributed by atoms with Gasteiger partial charge >= 0.3 is 0 Å². The Morgan fingerprint density at radius 2 is 1.73 bits per heavy atom. The maximum atomic E-state index is 13.3. The van der Waals surface area contributed by atoms with Gasteiger partial charge in [0.2, 0.25) is 0 Å². The lowest BCUT2D eigenvalue weighted by atomic mass is 10.0. The van der Waals surface area contributed by atoms with Gasteiger partial charge in [-0.3, -0.25) is 4.79 Å². The van der Waals surface area contributed by atoms with Crippen molar-refractivity contribution in [3.63, 3.8) is 0 Å². The van der Waals surface area contributed by atoms with Crippen molar-refractivity contribution in [3.8, 4) is 11.5 Å². The molecule has 2 aromatic heterocycles. The summed E-state index contributed by atoms with van der Waals surface area (Å²) in [6.45, 7) is 0. The number of amides is 1. The van der Waals surface area contributed by atoms with Gasteiger partial charge in [0, 0.05) is 43.5 Å². The number of rotatable bonds is 6. The summed E-state index contributed by atoms with van der Waals surface area (Å²) in [4.78, 5) is 17.8. The van der Waals surface area contributed by atoms with Crippen molar-refractivity contribution in [2.24, 2.45) is 14.1 Å². The third-order valence-corrected chi connectivity index (χ3v) is 5.28. The molecular weight excluding hydrogens is 380 g/mol. The molecule has 0 aliphatic rings. The number of fused-ring (bicyclic) bond motifs is 1. The number of hydrogen-bond donors (Lipinski definition) is 1. The maximum absolute atomic E-state index is 13.3. The molecule has 1 N–H and O–H groups in total. The van der Waals surface area contributed by atoms with Gasteiger partial charge in [-0.05, 0) is 29.8 Å². The minimum Gasteiger partial charge on any atom is -0.497 e. The van der Waals surface area contributed by atoms with Crippen LogP contribution in [0.1, 0.15) is 27.9 Å². The third-order valence-electron chi connectivity index (χ3n) is 5.28. The molecule has 1 amide bonds. The Hall–Kier alpha value is -3.74. The second kappa shape index (κ2) is 7.94. The van der Waals surface area contributed by atoms with Gasteiger partial charge in [-0.1, -0.05) is 18.2 Å². The molecule has 0 aliphatic heterocycles. The second-order valence-electron chi connectivity index (χ2n) is 7.10. The zero-order chi connectivity index (χ0) is 21.3. The number of carbonyl (C=O) groups is 1. The molecule has 4 rings (SSSR count). The molecule has 154 valence electrons. The molecule has 7 heteroatoms. The fourth-order valence-corrected chi connectivity index (χ4v) is 3.66. The van der Waals surface area contributed by atoms with Gasteiger partial charge in [0.05, 0.1) is 14.2 Å². The first-order valence-electron chi connectivity index (χ1n) is 9.57. The highest BCUT2D eigenvalue weighted by molar-refractivity contribution is 5.99. The van der Waals surface area contributed by atoms with Crippen LogP contribution in [0.25, 0.3) is 10.9 Å². The van der Waals surface area contributed by atoms with Crippen LogP contribution in [0.2, 0.25) is 0 Å². The van der Waals surface area contributed by atoms with Crippen molar-refractivity contribution < 1.29 is 14.3 Å². The van der Waals surface area contributed by atoms with E-state index in [0.717, 1.165) is 16.5 Å². The highest BCUT2D eigenvalue weighted by atomic mass is 16.5. The minimum atomic E-state index is -0.487. The second-order valence-corrected chi connectivity index (χ2v) is 7.10. The van der Waals surface area contributed by atoms with Crippen LogP contribution < -0.4 is 14.8 Å². The van der Waals surface area contributed by atoms with Crippen molar-refractivity contribution in [2.75, 3.05) is 14.2 Å². The molecule has 0 bridgehead atoms. The summed E-state index contributed by atoms with van der Waals surface area (Å²) in [6.07, 6.45) is 3.56. The summed E-state index contributed by atoms with van der Waals surface area (Å²) in [5.74, 6) is 1.80. The van der Waals surface area contributed by atoms with Gasteiger partial charge in [-0.15, -0.1) is 0 Å². The molecule has 2 heterocycles. The van der Waals surface area contributed by atoms with Crippen molar-refractivity contribution >= 4 is 16.8 Å². The van der Waals surface area contributed by atoms with Crippen molar-refractivity contribution in [1.29, 1.82) is 0 Å². The molecule has 1 atom stereocenters. The molecule has 0 fully saturated rings. The Kier molecular flexibility index (Phi) is 5.18. The molecule has 1 unspecified atom stereocenters. The first-order valence-corrected chi connectivity index (χ1v) is 9.57. The summed E-state index contributed by atoms with van der Waals surface area (Å²) >= 11 is 0. The lowest BCUT2D eigenvalue weighted by Gasteiger charge is -2.20. The Balaban J connectivity index is 1.77. The fraction of sp³-hybridized carbons (Fsp3) is 0.217. The van der Waals surface area contributed by atoms with Crippen molar-refractivity contribution in [3.05, 3.63) is 78.0 Å². The van der Waals surface area contributed by atoms with Gasteiger partial charge in [0.25, 0.3) is 5.91 Å². The number of aromatic nitrogens is 3. The number of carbonyl (C=O) groups excluding carboxylic acids is 1. The van der Waals surface area contributed by atoms with Crippen LogP contribution in [0.5, 0.6) is 11.5 Å². The first-order chi connectivity index (χ1) is 14.5. The predicted molar refractivity (Wildman–Crippen MR) is 115 cm³/mol. The highest BCUT2D eigenvalue weighted by Crippen LogP contribution is 2.30. The number of benzene rings is 2. The lowest BCUT2D eigenvalue weighted by Crippen LogP contribution is -2.32. The van der Waals surface area contributed by atoms with Crippen LogP contribution in [-0.4, -0.2) is 34.2 Å². The van der Waals surface area contributed by atoms with E-state index in [1.54, 1.807) is 26.5 Å². The smallest absolute Gasteiger partial charge is 0.268 e. The molecule has 0 saturated heterocycles. The average Bonchev–Trinajstić information content (AvgIpc) is 3.34. The zero-order valence-electron chi connectivity index (χ0n) is 17.4. The summed E-state index contributed by atoms with van der Waals surface area (Å²) < 4.78 is 14.6. The Bertz CT molecular complexity index is 1190. The number of ether oxygens (including phenoxy) is 2. The van der Waals surface area contributed by atoms with E-state index in [0.29, 0.717) is 23.0 Å². The quantitative estimate of drug-likeness (QED) is 0.534. The Morgan fingerprint density at radius 1 is 1.03 bits per heavy atom. The molecule has 0 radical (unpaired) electrons. The van der Waals surface area contributed by atoms with Crippen molar-refractivity contribution in [2.45, 2.75) is 6.04 Å². The van der Waals surface area contributed by atoms with E-state index in [-0.39, 0.29) is 5.91 Å². The maximum Gasteiger partial charge on any atom is 0.268 e. The van der Waals surface area contributed by atoms with Gasteiger partial charge in [-0.25, -0.2) is 4.98 Å². The van der Waals surface area contributed by atoms with Crippen LogP contribution in [-0.2, 0) is 14.1 Å². The SMILES string of the molecule is COc1cc(OC)cc(C(NC(=O)c2cc3ccccc3n2C)c2nccn2C)c1. The molecule has 0 aliphatic carbocycles. The van der Waals surface area contributed by atoms with Crippen molar-refractivity contribution in [1.82, 2.24) is 19.4 Å². The summed E-state index contributed by atoms with van der Waals surface area (Å²) in [5, 5.41) is 4.16. The number of para-hydroxylation sites is 1. The topological polar surface area (TPSA) is 70.3 Å². The standard InChI is InChI=1S/C23H24N4O3/c1-26-10-9-24-22(26)21(16-11-17(29-3)14-18(12-16)30-4)25-23(28)20-13-15-7-5-6-8-19(15)27(20)2/h5-14,21H,1-4H3,(H,25,28). The molecular formula is C23H24N4O3. The van der Waals surface area contributed by atoms with Gasteiger partial charge < -0.3 is 23.9 Å². The highest BCUT2D eigenvalue weighted by Gasteiger charge is 2.24. The van der Waals surface area contributed by atoms with Crippen LogP contribution in [0.15, 0.2) is 60.9 Å². The average molecular weight is 404 g/mol. The number of nitrogens with zero attached hydrogens (tertiary/aromatic N) is 3. The van der Waals surface area contributed by atoms with E-state index < -0.39 is 6.04 Å². The molecule has 7 nitrogen and oxygen atoms in total. The Labute approximate surface area is 174 Å². The van der Waals surface area contributed by atoms with E-state index in [1.807, 2.05) is 71.9 Å². The van der Waals surface area contributed by atoms with Gasteiger partial charge in [0.15, 0.2) is 0 Å². The largest absolute Gasteiger partial charge is 0.497 e. The molecule has 2 aromatic carbocycles. The number of methoxy groups -OCH3 is 2. The van der Waals surface area contributed by atoms with E-state index in [2.05, 4.69) is 10.3 Å². The minimum absolute atomic E-state index is 0.191. The Morgan fingerprint density at radius 3 is 2.33 bits per heavy atom. The molecule has 30 heavy (non-hydrogen) atoms. The fourth-order valence-electron chi connectivity index (χ4n) is 3.66. The van der Waals surface area contributed by atoms with E-state index in [4.69, 9.17) is 9.47 Å². The molecule has 0 saturated carbocycles. The summed E-state index contributed by atoms with van der Waals surface area (Å²) in [7, 11) is 6.99. The zero-order valence-corrected chi connectivity index (χ0v) is 17.4. The molecule has 4 aromatic rings.